The van der Waals surface area contributed by atoms with Crippen LogP contribution in [0, 0.1) is 0 Å². The van der Waals surface area contributed by atoms with Gasteiger partial charge in [0.05, 0.1) is 11.7 Å². The molecule has 11 heavy (non-hydrogen) atoms. The number of rotatable bonds is 1. The van der Waals surface area contributed by atoms with E-state index in [0.29, 0.717) is 11.4 Å². The summed E-state index contributed by atoms with van der Waals surface area (Å²) in [6.45, 7) is 3.59. The summed E-state index contributed by atoms with van der Waals surface area (Å²) in [5, 5.41) is 19.0. The minimum absolute atomic E-state index is 0.102. The zero-order valence-corrected chi connectivity index (χ0v) is 6.57. The van der Waals surface area contributed by atoms with Crippen LogP contribution in [0.15, 0.2) is 23.5 Å². The Morgan fingerprint density at radius 2 is 2.27 bits per heavy atom. The fourth-order valence-corrected chi connectivity index (χ4v) is 1.06. The Balaban J connectivity index is 2.82. The molecule has 0 radical (unpaired) electrons. The van der Waals surface area contributed by atoms with Crippen LogP contribution >= 0.6 is 0 Å². The van der Waals surface area contributed by atoms with Crippen LogP contribution in [0.1, 0.15) is 13.8 Å². The standard InChI is InChI=1S/C7H12N2O2/c1-5-3-7(8-10)4-6(2)9(5)11/h3-5,8,10-11H,1-2H3. The first-order chi connectivity index (χ1) is 5.15. The maximum absolute atomic E-state index is 9.27. The lowest BCUT2D eigenvalue weighted by Gasteiger charge is -2.26. The largest absolute Gasteiger partial charge is 0.291 e. The molecule has 0 aromatic carbocycles. The molecule has 0 amide bonds. The molecule has 4 heteroatoms. The van der Waals surface area contributed by atoms with E-state index in [1.54, 1.807) is 19.1 Å². The van der Waals surface area contributed by atoms with Crippen molar-refractivity contribution in [2.45, 2.75) is 19.9 Å². The molecule has 4 nitrogen and oxygen atoms in total. The summed E-state index contributed by atoms with van der Waals surface area (Å²) in [5.74, 6) is 0. The minimum atomic E-state index is -0.102. The van der Waals surface area contributed by atoms with Crippen LogP contribution < -0.4 is 5.48 Å². The molecule has 0 aromatic heterocycles. The zero-order valence-electron chi connectivity index (χ0n) is 6.57. The first-order valence-electron chi connectivity index (χ1n) is 3.43. The van der Waals surface area contributed by atoms with Gasteiger partial charge in [-0.15, -0.1) is 0 Å². The van der Waals surface area contributed by atoms with Crippen molar-refractivity contribution in [1.82, 2.24) is 10.5 Å². The molecule has 1 aliphatic heterocycles. The van der Waals surface area contributed by atoms with Crippen molar-refractivity contribution in [2.75, 3.05) is 0 Å². The predicted octanol–water partition coefficient (Wildman–Crippen LogP) is 0.846. The summed E-state index contributed by atoms with van der Waals surface area (Å²) in [6, 6.07) is -0.102. The highest BCUT2D eigenvalue weighted by atomic mass is 16.5. The van der Waals surface area contributed by atoms with E-state index in [9.17, 15) is 5.21 Å². The monoisotopic (exact) mass is 156 g/mol. The molecule has 0 saturated heterocycles. The highest BCUT2D eigenvalue weighted by Crippen LogP contribution is 2.15. The zero-order chi connectivity index (χ0) is 8.43. The second-order valence-corrected chi connectivity index (χ2v) is 2.60. The van der Waals surface area contributed by atoms with Gasteiger partial charge in [0.15, 0.2) is 0 Å². The number of hydrogen-bond donors (Lipinski definition) is 3. The second-order valence-electron chi connectivity index (χ2n) is 2.60. The normalized spacial score (nSPS) is 24.4. The van der Waals surface area contributed by atoms with Gasteiger partial charge < -0.3 is 0 Å². The molecular formula is C7H12N2O2. The molecule has 62 valence electrons. The topological polar surface area (TPSA) is 55.7 Å². The molecule has 1 aliphatic rings. The third-order valence-electron chi connectivity index (χ3n) is 1.66. The first kappa shape index (κ1) is 8.10. The van der Waals surface area contributed by atoms with Crippen LogP contribution in [0.5, 0.6) is 0 Å². The third-order valence-corrected chi connectivity index (χ3v) is 1.66. The van der Waals surface area contributed by atoms with Crippen molar-refractivity contribution >= 4 is 0 Å². The Morgan fingerprint density at radius 3 is 2.73 bits per heavy atom. The molecule has 0 spiro atoms. The van der Waals surface area contributed by atoms with Crippen molar-refractivity contribution < 1.29 is 10.4 Å². The van der Waals surface area contributed by atoms with Gasteiger partial charge in [-0.1, -0.05) is 0 Å². The van der Waals surface area contributed by atoms with Gasteiger partial charge >= 0.3 is 0 Å². The lowest BCUT2D eigenvalue weighted by Crippen LogP contribution is -2.30. The Bertz CT molecular complexity index is 210. The molecule has 0 fully saturated rings. The van der Waals surface area contributed by atoms with Crippen molar-refractivity contribution in [3.8, 4) is 0 Å². The Labute approximate surface area is 65.4 Å². The summed E-state index contributed by atoms with van der Waals surface area (Å²) < 4.78 is 0. The van der Waals surface area contributed by atoms with E-state index in [1.165, 1.54) is 0 Å². The molecule has 1 unspecified atom stereocenters. The van der Waals surface area contributed by atoms with Gasteiger partial charge in [-0.3, -0.25) is 21.0 Å². The maximum Gasteiger partial charge on any atom is 0.0735 e. The average molecular weight is 156 g/mol. The van der Waals surface area contributed by atoms with Gasteiger partial charge in [0.1, 0.15) is 0 Å². The highest BCUT2D eigenvalue weighted by molar-refractivity contribution is 5.25. The maximum atomic E-state index is 9.27. The van der Waals surface area contributed by atoms with Gasteiger partial charge in [0.25, 0.3) is 0 Å². The van der Waals surface area contributed by atoms with Gasteiger partial charge in [-0.2, -0.15) is 0 Å². The van der Waals surface area contributed by atoms with E-state index in [4.69, 9.17) is 5.21 Å². The van der Waals surface area contributed by atoms with Crippen molar-refractivity contribution in [1.29, 1.82) is 0 Å². The Morgan fingerprint density at radius 1 is 1.64 bits per heavy atom. The van der Waals surface area contributed by atoms with Crippen LogP contribution in [-0.2, 0) is 0 Å². The Kier molecular flexibility index (Phi) is 2.16. The van der Waals surface area contributed by atoms with Gasteiger partial charge in [-0.05, 0) is 26.0 Å². The quantitative estimate of drug-likeness (QED) is 0.492. The average Bonchev–Trinajstić information content (AvgIpc) is 1.99. The van der Waals surface area contributed by atoms with E-state index in [-0.39, 0.29) is 6.04 Å². The van der Waals surface area contributed by atoms with Gasteiger partial charge in [0.2, 0.25) is 0 Å². The van der Waals surface area contributed by atoms with Crippen LogP contribution in [0.4, 0.5) is 0 Å². The Hall–Kier alpha value is -1.00. The molecule has 1 rings (SSSR count). The van der Waals surface area contributed by atoms with Crippen LogP contribution in [0.25, 0.3) is 0 Å². The van der Waals surface area contributed by atoms with Crippen molar-refractivity contribution in [3.05, 3.63) is 23.5 Å². The van der Waals surface area contributed by atoms with Crippen LogP contribution in [0.3, 0.4) is 0 Å². The highest BCUT2D eigenvalue weighted by Gasteiger charge is 2.14. The molecule has 1 heterocycles. The van der Waals surface area contributed by atoms with Crippen LogP contribution in [0.2, 0.25) is 0 Å². The van der Waals surface area contributed by atoms with Crippen LogP contribution in [-0.4, -0.2) is 21.5 Å². The van der Waals surface area contributed by atoms with E-state index in [0.717, 1.165) is 5.06 Å². The van der Waals surface area contributed by atoms with E-state index in [1.807, 2.05) is 12.4 Å². The van der Waals surface area contributed by atoms with E-state index >= 15 is 0 Å². The van der Waals surface area contributed by atoms with E-state index < -0.39 is 0 Å². The van der Waals surface area contributed by atoms with Crippen molar-refractivity contribution in [2.24, 2.45) is 0 Å². The molecule has 0 aromatic rings. The van der Waals surface area contributed by atoms with E-state index in [2.05, 4.69) is 0 Å². The first-order valence-corrected chi connectivity index (χ1v) is 3.43. The summed E-state index contributed by atoms with van der Waals surface area (Å²) in [4.78, 5) is 0. The lowest BCUT2D eigenvalue weighted by molar-refractivity contribution is -0.0756. The predicted molar refractivity (Wildman–Crippen MR) is 39.8 cm³/mol. The number of nitrogens with zero attached hydrogens (tertiary/aromatic N) is 1. The molecule has 0 saturated carbocycles. The number of nitrogens with one attached hydrogen (secondary N) is 1. The molecule has 1 atom stereocenters. The van der Waals surface area contributed by atoms with Crippen molar-refractivity contribution in [3.63, 3.8) is 0 Å². The molecular weight excluding hydrogens is 144 g/mol. The molecule has 0 bridgehead atoms. The molecule has 3 N–H and O–H groups in total. The van der Waals surface area contributed by atoms with Gasteiger partial charge in [0, 0.05) is 5.70 Å². The number of hydrogen-bond acceptors (Lipinski definition) is 4. The summed E-state index contributed by atoms with van der Waals surface area (Å²) in [6.07, 6.45) is 3.37. The number of hydroxylamine groups is 3. The SMILES string of the molecule is CC1=CC(NO)=CC(C)N1O. The summed E-state index contributed by atoms with van der Waals surface area (Å²) >= 11 is 0. The fraction of sp³-hybridized carbons (Fsp3) is 0.429. The minimum Gasteiger partial charge on any atom is -0.291 e. The smallest absolute Gasteiger partial charge is 0.0735 e. The third kappa shape index (κ3) is 1.53. The lowest BCUT2D eigenvalue weighted by atomic mass is 10.1. The number of allylic oxidation sites excluding steroid dienone is 2. The van der Waals surface area contributed by atoms with Gasteiger partial charge in [-0.25, -0.2) is 0 Å². The summed E-state index contributed by atoms with van der Waals surface area (Å²) in [7, 11) is 0. The fourth-order valence-electron chi connectivity index (χ4n) is 1.06. The second kappa shape index (κ2) is 2.94. The summed E-state index contributed by atoms with van der Waals surface area (Å²) in [5.41, 5.74) is 3.35. The molecule has 0 aliphatic carbocycles.